The molecule has 0 saturated heterocycles. The van der Waals surface area contributed by atoms with E-state index in [1.165, 1.54) is 69.6 Å². The highest BCUT2D eigenvalue weighted by molar-refractivity contribution is 5.89. The van der Waals surface area contributed by atoms with E-state index in [0.717, 1.165) is 49.1 Å². The minimum atomic E-state index is -0.265. The number of hydrogen-bond donors (Lipinski definition) is 2. The summed E-state index contributed by atoms with van der Waals surface area (Å²) < 4.78 is 4.95. The van der Waals surface area contributed by atoms with E-state index in [4.69, 9.17) is 10.5 Å². The van der Waals surface area contributed by atoms with Crippen LogP contribution in [0.25, 0.3) is 5.57 Å². The molecule has 4 saturated carbocycles. The lowest BCUT2D eigenvalue weighted by atomic mass is 9.33. The van der Waals surface area contributed by atoms with Crippen LogP contribution in [0.5, 0.6) is 0 Å². The van der Waals surface area contributed by atoms with E-state index in [9.17, 15) is 4.79 Å². The number of ether oxygens (including phenoxy) is 1. The summed E-state index contributed by atoms with van der Waals surface area (Å²) in [5, 5.41) is 4.10. The highest BCUT2D eigenvalue weighted by Gasteiger charge is 2.70. The number of hydrogen-bond acceptors (Lipinski definition) is 4. The van der Waals surface area contributed by atoms with Crippen LogP contribution in [0, 0.1) is 57.2 Å². The van der Waals surface area contributed by atoms with E-state index >= 15 is 0 Å². The van der Waals surface area contributed by atoms with Crippen LogP contribution in [0.3, 0.4) is 0 Å². The van der Waals surface area contributed by atoms with Gasteiger partial charge in [-0.2, -0.15) is 0 Å². The molecule has 0 spiro atoms. The minimum Gasteiger partial charge on any atom is -0.465 e. The maximum absolute atomic E-state index is 12.1. The van der Waals surface area contributed by atoms with Gasteiger partial charge in [-0.1, -0.05) is 66.7 Å². The number of benzene rings is 1. The van der Waals surface area contributed by atoms with Crippen molar-refractivity contribution in [2.24, 2.45) is 62.9 Å². The standard InChI is InChI=1S/C39H60N2O2/c1-25(2)28-15-20-39(41-24-23-40)22-21-37(6)30(33(28)39)13-14-32-36(5)18-16-29(26-9-11-27(12-10-26)34(42)43-8)35(3,4)31(36)17-19-38(32,37)7/h9-12,16,25,28,30-33,41H,13-15,17-24,40H2,1-8H3/t28-,30+,31?,32?,33?,36-,37+,38+,39-/m0/s1. The molecule has 4 fully saturated rings. The molecule has 0 radical (unpaired) electrons. The first kappa shape index (κ1) is 31.3. The quantitative estimate of drug-likeness (QED) is 0.327. The molecule has 4 nitrogen and oxygen atoms in total. The number of carbonyl (C=O) groups is 1. The van der Waals surface area contributed by atoms with E-state index in [0.29, 0.717) is 33.3 Å². The average molecular weight is 589 g/mol. The summed E-state index contributed by atoms with van der Waals surface area (Å²) >= 11 is 0. The molecule has 3 unspecified atom stereocenters. The molecule has 4 heteroatoms. The molecule has 43 heavy (non-hydrogen) atoms. The fourth-order valence-electron chi connectivity index (χ4n) is 13.0. The Morgan fingerprint density at radius 3 is 2.30 bits per heavy atom. The molecule has 0 heterocycles. The van der Waals surface area contributed by atoms with Crippen molar-refractivity contribution >= 4 is 11.5 Å². The maximum atomic E-state index is 12.1. The normalized spacial score (nSPS) is 43.2. The maximum Gasteiger partial charge on any atom is 0.337 e. The fourth-order valence-corrected chi connectivity index (χ4v) is 13.0. The molecule has 1 aromatic carbocycles. The van der Waals surface area contributed by atoms with Gasteiger partial charge >= 0.3 is 5.97 Å². The Bertz CT molecular complexity index is 1250. The van der Waals surface area contributed by atoms with Crippen LogP contribution >= 0.6 is 0 Å². The van der Waals surface area contributed by atoms with E-state index in [-0.39, 0.29) is 11.4 Å². The first-order valence-electron chi connectivity index (χ1n) is 17.6. The minimum absolute atomic E-state index is 0.0842. The lowest BCUT2D eigenvalue weighted by Gasteiger charge is -2.72. The van der Waals surface area contributed by atoms with Crippen molar-refractivity contribution < 1.29 is 9.53 Å². The van der Waals surface area contributed by atoms with Crippen LogP contribution in [0.1, 0.15) is 122 Å². The van der Waals surface area contributed by atoms with Crippen LogP contribution in [0.2, 0.25) is 0 Å². The zero-order valence-electron chi connectivity index (χ0n) is 28.5. The second kappa shape index (κ2) is 10.7. The summed E-state index contributed by atoms with van der Waals surface area (Å²) in [7, 11) is 1.45. The summed E-state index contributed by atoms with van der Waals surface area (Å²) in [5.41, 5.74) is 10.9. The average Bonchev–Trinajstić information content (AvgIpc) is 3.36. The van der Waals surface area contributed by atoms with E-state index in [2.05, 4.69) is 72.0 Å². The summed E-state index contributed by atoms with van der Waals surface area (Å²) in [4.78, 5) is 12.1. The number of fused-ring (bicyclic) bond motifs is 7. The molecule has 0 aliphatic heterocycles. The zero-order valence-corrected chi connectivity index (χ0v) is 28.5. The Morgan fingerprint density at radius 1 is 0.930 bits per heavy atom. The number of esters is 1. The van der Waals surface area contributed by atoms with Gasteiger partial charge in [-0.15, -0.1) is 0 Å². The Morgan fingerprint density at radius 2 is 1.65 bits per heavy atom. The molecular formula is C39H60N2O2. The number of rotatable bonds is 6. The molecule has 0 bridgehead atoms. The third-order valence-electron chi connectivity index (χ3n) is 15.2. The van der Waals surface area contributed by atoms with Gasteiger partial charge in [0.2, 0.25) is 0 Å². The van der Waals surface area contributed by atoms with Crippen molar-refractivity contribution in [1.82, 2.24) is 5.32 Å². The van der Waals surface area contributed by atoms with Crippen LogP contribution in [-0.2, 0) is 4.74 Å². The van der Waals surface area contributed by atoms with Gasteiger partial charge in [0, 0.05) is 18.6 Å². The van der Waals surface area contributed by atoms with Gasteiger partial charge in [0.05, 0.1) is 12.7 Å². The molecule has 5 aliphatic carbocycles. The highest BCUT2D eigenvalue weighted by atomic mass is 16.5. The molecule has 5 aliphatic rings. The van der Waals surface area contributed by atoms with Crippen LogP contribution in [0.15, 0.2) is 30.3 Å². The molecule has 3 N–H and O–H groups in total. The predicted octanol–water partition coefficient (Wildman–Crippen LogP) is 8.50. The number of methoxy groups -OCH3 is 1. The van der Waals surface area contributed by atoms with Crippen LogP contribution in [-0.4, -0.2) is 31.7 Å². The fraction of sp³-hybridized carbons (Fsp3) is 0.769. The van der Waals surface area contributed by atoms with E-state index < -0.39 is 0 Å². The monoisotopic (exact) mass is 588 g/mol. The lowest BCUT2D eigenvalue weighted by Crippen LogP contribution is -2.68. The number of carbonyl (C=O) groups excluding carboxylic acids is 1. The molecule has 1 aromatic rings. The molecule has 6 rings (SSSR count). The summed E-state index contributed by atoms with van der Waals surface area (Å²) in [6.45, 7) is 19.9. The van der Waals surface area contributed by atoms with Crippen molar-refractivity contribution in [3.8, 4) is 0 Å². The molecule has 0 aromatic heterocycles. The predicted molar refractivity (Wildman–Crippen MR) is 177 cm³/mol. The summed E-state index contributed by atoms with van der Waals surface area (Å²) in [5.74, 6) is 4.30. The second-order valence-electron chi connectivity index (χ2n) is 17.1. The number of nitrogens with one attached hydrogen (secondary N) is 1. The zero-order chi connectivity index (χ0) is 31.0. The molecule has 0 amide bonds. The second-order valence-corrected chi connectivity index (χ2v) is 17.1. The Hall–Kier alpha value is -1.65. The third-order valence-corrected chi connectivity index (χ3v) is 15.2. The van der Waals surface area contributed by atoms with Gasteiger partial charge in [-0.05, 0) is 138 Å². The van der Waals surface area contributed by atoms with Gasteiger partial charge in [0.15, 0.2) is 0 Å². The third kappa shape index (κ3) is 4.38. The van der Waals surface area contributed by atoms with Crippen molar-refractivity contribution in [1.29, 1.82) is 0 Å². The van der Waals surface area contributed by atoms with Crippen molar-refractivity contribution in [2.45, 2.75) is 112 Å². The SMILES string of the molecule is COC(=O)c1ccc(C2=CC[C@@]3(C)C(CC[C@]4(C)C3CC[C@@H]3C5[C@H](C(C)C)CC[C@]5(NCCN)CC[C@]34C)C2(C)C)cc1. The van der Waals surface area contributed by atoms with Crippen LogP contribution < -0.4 is 11.1 Å². The van der Waals surface area contributed by atoms with Crippen LogP contribution in [0.4, 0.5) is 0 Å². The highest BCUT2D eigenvalue weighted by Crippen LogP contribution is 2.76. The largest absolute Gasteiger partial charge is 0.465 e. The van der Waals surface area contributed by atoms with Gasteiger partial charge in [0.1, 0.15) is 0 Å². The number of nitrogens with two attached hydrogens (primary N) is 1. The Balaban J connectivity index is 1.33. The van der Waals surface area contributed by atoms with Crippen molar-refractivity contribution in [3.63, 3.8) is 0 Å². The Labute approximate surface area is 262 Å². The Kier molecular flexibility index (Phi) is 7.81. The topological polar surface area (TPSA) is 64.3 Å². The first-order chi connectivity index (χ1) is 20.3. The van der Waals surface area contributed by atoms with Gasteiger partial charge in [-0.25, -0.2) is 4.79 Å². The van der Waals surface area contributed by atoms with Crippen molar-refractivity contribution in [3.05, 3.63) is 41.5 Å². The van der Waals surface area contributed by atoms with E-state index in [1.807, 2.05) is 12.1 Å². The summed E-state index contributed by atoms with van der Waals surface area (Å²) in [6.07, 6.45) is 14.6. The number of allylic oxidation sites excluding steroid dienone is 2. The smallest absolute Gasteiger partial charge is 0.337 e. The van der Waals surface area contributed by atoms with E-state index in [1.54, 1.807) is 0 Å². The lowest BCUT2D eigenvalue weighted by molar-refractivity contribution is -0.221. The molecule has 238 valence electrons. The summed E-state index contributed by atoms with van der Waals surface area (Å²) in [6, 6.07) is 8.15. The van der Waals surface area contributed by atoms with Crippen molar-refractivity contribution in [2.75, 3.05) is 20.2 Å². The molecular weight excluding hydrogens is 528 g/mol. The van der Waals surface area contributed by atoms with Gasteiger partial charge < -0.3 is 15.8 Å². The van der Waals surface area contributed by atoms with Gasteiger partial charge in [-0.3, -0.25) is 0 Å². The van der Waals surface area contributed by atoms with Gasteiger partial charge in [0.25, 0.3) is 0 Å². The first-order valence-corrected chi connectivity index (χ1v) is 17.6. The molecule has 9 atom stereocenters.